The molecule has 0 saturated carbocycles. The van der Waals surface area contributed by atoms with Gasteiger partial charge in [0.05, 0.1) is 5.52 Å². The van der Waals surface area contributed by atoms with Crippen LogP contribution in [0.1, 0.15) is 0 Å². The van der Waals surface area contributed by atoms with Crippen molar-refractivity contribution in [2.75, 3.05) is 0 Å². The van der Waals surface area contributed by atoms with Crippen LogP contribution in [-0.2, 0) is 0 Å². The number of fused-ring (bicyclic) bond motifs is 1. The minimum absolute atomic E-state index is 0.337. The number of aromatic amines is 1. The second kappa shape index (κ2) is 4.41. The first-order valence-corrected chi connectivity index (χ1v) is 6.55. The van der Waals surface area contributed by atoms with Crippen LogP contribution < -0.4 is 0 Å². The van der Waals surface area contributed by atoms with Gasteiger partial charge in [0.25, 0.3) is 0 Å². The highest BCUT2D eigenvalue weighted by atomic mass is 79.9. The summed E-state index contributed by atoms with van der Waals surface area (Å²) in [4.78, 5) is 3.08. The second-order valence-electron chi connectivity index (χ2n) is 4.01. The largest absolute Gasteiger partial charge is 0.352 e. The van der Waals surface area contributed by atoms with E-state index in [1.54, 1.807) is 6.07 Å². The van der Waals surface area contributed by atoms with Crippen LogP contribution in [0.5, 0.6) is 0 Å². The molecule has 0 bridgehead atoms. The van der Waals surface area contributed by atoms with Gasteiger partial charge in [0.15, 0.2) is 0 Å². The monoisotopic (exact) mass is 323 g/mol. The van der Waals surface area contributed by atoms with Gasteiger partial charge in [0, 0.05) is 26.1 Å². The summed E-state index contributed by atoms with van der Waals surface area (Å²) >= 11 is 9.33. The van der Waals surface area contributed by atoms with Crippen molar-refractivity contribution in [3.8, 4) is 11.3 Å². The number of H-pyrrole nitrogens is 1. The number of benzene rings is 2. The van der Waals surface area contributed by atoms with Crippen LogP contribution in [0, 0.1) is 5.82 Å². The SMILES string of the molecule is Fc1cc(Cl)cc2cc(-c3ccccc3Br)[nH]c12. The first-order chi connectivity index (χ1) is 8.65. The molecule has 0 unspecified atom stereocenters. The molecule has 1 aromatic heterocycles. The zero-order chi connectivity index (χ0) is 12.7. The van der Waals surface area contributed by atoms with Crippen molar-refractivity contribution >= 4 is 38.4 Å². The maximum Gasteiger partial charge on any atom is 0.148 e. The number of rotatable bonds is 1. The van der Waals surface area contributed by atoms with Crippen molar-refractivity contribution in [1.29, 1.82) is 0 Å². The van der Waals surface area contributed by atoms with Gasteiger partial charge in [0.2, 0.25) is 0 Å². The average Bonchev–Trinajstić information content (AvgIpc) is 2.73. The summed E-state index contributed by atoms with van der Waals surface area (Å²) in [6, 6.07) is 12.7. The van der Waals surface area contributed by atoms with Crippen LogP contribution >= 0.6 is 27.5 Å². The van der Waals surface area contributed by atoms with Gasteiger partial charge >= 0.3 is 0 Å². The smallest absolute Gasteiger partial charge is 0.148 e. The summed E-state index contributed by atoms with van der Waals surface area (Å²) in [5, 5.41) is 1.17. The summed E-state index contributed by atoms with van der Waals surface area (Å²) in [7, 11) is 0. The Morgan fingerprint density at radius 2 is 1.89 bits per heavy atom. The van der Waals surface area contributed by atoms with E-state index in [0.29, 0.717) is 10.5 Å². The lowest BCUT2D eigenvalue weighted by molar-refractivity contribution is 0.637. The molecule has 3 aromatic rings. The van der Waals surface area contributed by atoms with Crippen molar-refractivity contribution in [1.82, 2.24) is 4.98 Å². The molecule has 0 fully saturated rings. The molecule has 18 heavy (non-hydrogen) atoms. The van der Waals surface area contributed by atoms with E-state index in [1.807, 2.05) is 30.3 Å². The summed E-state index contributed by atoms with van der Waals surface area (Å²) in [6.07, 6.45) is 0. The fourth-order valence-corrected chi connectivity index (χ4v) is 2.70. The summed E-state index contributed by atoms with van der Waals surface area (Å²) in [5.74, 6) is -0.337. The van der Waals surface area contributed by atoms with Gasteiger partial charge in [-0.2, -0.15) is 0 Å². The van der Waals surface area contributed by atoms with Crippen LogP contribution in [0.2, 0.25) is 5.02 Å². The topological polar surface area (TPSA) is 15.8 Å². The minimum Gasteiger partial charge on any atom is -0.352 e. The average molecular weight is 325 g/mol. The minimum atomic E-state index is -0.337. The highest BCUT2D eigenvalue weighted by molar-refractivity contribution is 9.10. The zero-order valence-electron chi connectivity index (χ0n) is 9.18. The van der Waals surface area contributed by atoms with Crippen LogP contribution in [0.3, 0.4) is 0 Å². The Kier molecular flexibility index (Phi) is 2.88. The van der Waals surface area contributed by atoms with Crippen molar-refractivity contribution in [3.05, 3.63) is 57.8 Å². The first kappa shape index (κ1) is 11.8. The van der Waals surface area contributed by atoms with Crippen LogP contribution in [0.15, 0.2) is 46.9 Å². The van der Waals surface area contributed by atoms with Gasteiger partial charge in [-0.1, -0.05) is 45.7 Å². The Balaban J connectivity index is 2.26. The molecule has 90 valence electrons. The molecule has 0 radical (unpaired) electrons. The first-order valence-electron chi connectivity index (χ1n) is 5.38. The maximum absolute atomic E-state index is 13.7. The maximum atomic E-state index is 13.7. The Morgan fingerprint density at radius 1 is 1.11 bits per heavy atom. The van der Waals surface area contributed by atoms with Crippen LogP contribution in [0.4, 0.5) is 4.39 Å². The number of aromatic nitrogens is 1. The van der Waals surface area contributed by atoms with Crippen LogP contribution in [-0.4, -0.2) is 4.98 Å². The van der Waals surface area contributed by atoms with Gasteiger partial charge in [-0.05, 0) is 24.3 Å². The van der Waals surface area contributed by atoms with Gasteiger partial charge in [-0.25, -0.2) is 4.39 Å². The normalized spacial score (nSPS) is 11.1. The van der Waals surface area contributed by atoms with Gasteiger partial charge < -0.3 is 4.98 Å². The molecule has 1 N–H and O–H groups in total. The Labute approximate surface area is 117 Å². The number of nitrogens with one attached hydrogen (secondary N) is 1. The van der Waals surface area contributed by atoms with E-state index >= 15 is 0 Å². The predicted molar refractivity (Wildman–Crippen MR) is 76.4 cm³/mol. The highest BCUT2D eigenvalue weighted by Crippen LogP contribution is 2.31. The molecule has 3 rings (SSSR count). The predicted octanol–water partition coefficient (Wildman–Crippen LogP) is 5.39. The van der Waals surface area contributed by atoms with E-state index in [4.69, 9.17) is 11.6 Å². The molecule has 1 nitrogen and oxygen atoms in total. The third-order valence-electron chi connectivity index (χ3n) is 2.81. The Hall–Kier alpha value is -1.32. The molecule has 0 amide bonds. The fraction of sp³-hybridized carbons (Fsp3) is 0. The molecule has 0 aliphatic carbocycles. The molecule has 0 atom stereocenters. The molecule has 1 heterocycles. The molecule has 0 spiro atoms. The van der Waals surface area contributed by atoms with Crippen LogP contribution in [0.25, 0.3) is 22.2 Å². The van der Waals surface area contributed by atoms with Gasteiger partial charge in [-0.3, -0.25) is 0 Å². The lowest BCUT2D eigenvalue weighted by atomic mass is 10.1. The molecule has 0 saturated heterocycles. The molecule has 2 aromatic carbocycles. The molecule has 0 aliphatic heterocycles. The number of hydrogen-bond acceptors (Lipinski definition) is 0. The van der Waals surface area contributed by atoms with E-state index in [9.17, 15) is 4.39 Å². The molecule has 0 aliphatic rings. The lowest BCUT2D eigenvalue weighted by Crippen LogP contribution is -1.80. The summed E-state index contributed by atoms with van der Waals surface area (Å²) < 4.78 is 14.7. The third-order valence-corrected chi connectivity index (χ3v) is 3.72. The van der Waals surface area contributed by atoms with E-state index in [0.717, 1.165) is 21.1 Å². The standard InChI is InChI=1S/C14H8BrClFN/c15-11-4-2-1-3-10(11)13-6-8-5-9(16)7-12(17)14(8)18-13/h1-7,18H. The van der Waals surface area contributed by atoms with E-state index in [2.05, 4.69) is 20.9 Å². The lowest BCUT2D eigenvalue weighted by Gasteiger charge is -2.00. The second-order valence-corrected chi connectivity index (χ2v) is 5.31. The van der Waals surface area contributed by atoms with E-state index in [-0.39, 0.29) is 5.82 Å². The van der Waals surface area contributed by atoms with Crippen molar-refractivity contribution in [3.63, 3.8) is 0 Å². The molecule has 4 heteroatoms. The quantitative estimate of drug-likeness (QED) is 0.617. The van der Waals surface area contributed by atoms with E-state index < -0.39 is 0 Å². The molecular weight excluding hydrogens is 317 g/mol. The van der Waals surface area contributed by atoms with E-state index in [1.165, 1.54) is 6.07 Å². The number of halogens is 3. The third kappa shape index (κ3) is 1.93. The van der Waals surface area contributed by atoms with Gasteiger partial charge in [0.1, 0.15) is 5.82 Å². The molecular formula is C14H8BrClFN. The summed E-state index contributed by atoms with van der Waals surface area (Å²) in [5.41, 5.74) is 2.33. The fourth-order valence-electron chi connectivity index (χ4n) is 1.99. The van der Waals surface area contributed by atoms with Crippen molar-refractivity contribution < 1.29 is 4.39 Å². The van der Waals surface area contributed by atoms with Crippen molar-refractivity contribution in [2.45, 2.75) is 0 Å². The zero-order valence-corrected chi connectivity index (χ0v) is 11.5. The number of hydrogen-bond donors (Lipinski definition) is 1. The summed E-state index contributed by atoms with van der Waals surface area (Å²) in [6.45, 7) is 0. The highest BCUT2D eigenvalue weighted by Gasteiger charge is 2.10. The Morgan fingerprint density at radius 3 is 2.67 bits per heavy atom. The van der Waals surface area contributed by atoms with Gasteiger partial charge in [-0.15, -0.1) is 0 Å². The van der Waals surface area contributed by atoms with Crippen molar-refractivity contribution in [2.24, 2.45) is 0 Å². The Bertz CT molecular complexity index is 736.